The van der Waals surface area contributed by atoms with E-state index in [1.807, 2.05) is 60.7 Å². The van der Waals surface area contributed by atoms with E-state index in [-0.39, 0.29) is 10.9 Å². The smallest absolute Gasteiger partial charge is 0.270 e. The number of sulfonamides is 1. The molecule has 32 heavy (non-hydrogen) atoms. The van der Waals surface area contributed by atoms with Crippen LogP contribution in [0.4, 0.5) is 5.69 Å². The molecule has 0 bridgehead atoms. The van der Waals surface area contributed by atoms with Gasteiger partial charge in [0.1, 0.15) is 0 Å². The molecule has 162 valence electrons. The first-order valence-corrected chi connectivity index (χ1v) is 12.2. The molecular formula is C26H24N2O3S. The van der Waals surface area contributed by atoms with Crippen molar-refractivity contribution in [2.45, 2.75) is 25.3 Å². The number of hydrogen-bond donors (Lipinski definition) is 1. The zero-order valence-corrected chi connectivity index (χ0v) is 18.6. The molecule has 5 rings (SSSR count). The van der Waals surface area contributed by atoms with Crippen LogP contribution < -0.4 is 9.62 Å². The molecule has 0 aromatic heterocycles. The number of anilines is 1. The van der Waals surface area contributed by atoms with Crippen LogP contribution in [0.15, 0.2) is 83.8 Å². The first-order chi connectivity index (χ1) is 15.5. The maximum Gasteiger partial charge on any atom is 0.270 e. The van der Waals surface area contributed by atoms with E-state index in [2.05, 4.69) is 11.4 Å². The molecule has 1 N–H and O–H groups in total. The zero-order chi connectivity index (χ0) is 22.3. The molecular weight excluding hydrogens is 420 g/mol. The topological polar surface area (TPSA) is 66.5 Å². The molecule has 0 fully saturated rings. The number of amides is 1. The van der Waals surface area contributed by atoms with Gasteiger partial charge in [0.15, 0.2) is 4.91 Å². The molecule has 1 aliphatic heterocycles. The summed E-state index contributed by atoms with van der Waals surface area (Å²) in [6.07, 6.45) is 2.69. The average Bonchev–Trinajstić information content (AvgIpc) is 2.82. The first-order valence-electron chi connectivity index (χ1n) is 10.7. The Morgan fingerprint density at radius 1 is 0.938 bits per heavy atom. The van der Waals surface area contributed by atoms with Crippen molar-refractivity contribution < 1.29 is 13.2 Å². The molecule has 1 aliphatic carbocycles. The molecule has 3 aromatic rings. The Morgan fingerprint density at radius 3 is 2.44 bits per heavy atom. The van der Waals surface area contributed by atoms with Crippen molar-refractivity contribution in [2.24, 2.45) is 0 Å². The maximum absolute atomic E-state index is 13.7. The Balaban J connectivity index is 1.67. The second-order valence-corrected chi connectivity index (χ2v) is 10.1. The normalized spacial score (nSPS) is 19.2. The minimum absolute atomic E-state index is 0.201. The summed E-state index contributed by atoms with van der Waals surface area (Å²) < 4.78 is 28.4. The summed E-state index contributed by atoms with van der Waals surface area (Å²) >= 11 is 0. The van der Waals surface area contributed by atoms with Crippen LogP contribution in [0.25, 0.3) is 5.57 Å². The lowest BCUT2D eigenvalue weighted by Crippen LogP contribution is -2.41. The van der Waals surface area contributed by atoms with Crippen LogP contribution in [0, 0.1) is 0 Å². The van der Waals surface area contributed by atoms with Gasteiger partial charge in [0, 0.05) is 18.2 Å². The van der Waals surface area contributed by atoms with Gasteiger partial charge in [-0.3, -0.25) is 9.10 Å². The zero-order valence-electron chi connectivity index (χ0n) is 17.8. The summed E-state index contributed by atoms with van der Waals surface area (Å²) in [5.74, 6) is -0.563. The lowest BCUT2D eigenvalue weighted by molar-refractivity contribution is -0.117. The second-order valence-electron chi connectivity index (χ2n) is 8.18. The van der Waals surface area contributed by atoms with Gasteiger partial charge in [-0.1, -0.05) is 72.8 Å². The number of aryl methyl sites for hydroxylation is 1. The van der Waals surface area contributed by atoms with E-state index in [0.717, 1.165) is 30.4 Å². The number of nitrogens with zero attached hydrogens (tertiary/aromatic N) is 1. The first kappa shape index (κ1) is 20.5. The highest BCUT2D eigenvalue weighted by molar-refractivity contribution is 7.97. The van der Waals surface area contributed by atoms with Gasteiger partial charge < -0.3 is 5.32 Å². The van der Waals surface area contributed by atoms with Crippen LogP contribution in [0.3, 0.4) is 0 Å². The molecule has 6 heteroatoms. The highest BCUT2D eigenvalue weighted by atomic mass is 32.2. The SMILES string of the molecule is CN1c2ccccc2C(c2ccccc2)=C(C(=O)N[C@H]2CCCc3ccccc32)S1(=O)=O. The van der Waals surface area contributed by atoms with Crippen molar-refractivity contribution in [1.82, 2.24) is 5.32 Å². The van der Waals surface area contributed by atoms with E-state index in [1.165, 1.54) is 16.9 Å². The van der Waals surface area contributed by atoms with Crippen LogP contribution >= 0.6 is 0 Å². The van der Waals surface area contributed by atoms with Crippen molar-refractivity contribution in [3.8, 4) is 0 Å². The van der Waals surface area contributed by atoms with E-state index in [9.17, 15) is 13.2 Å². The molecule has 2 aliphatic rings. The van der Waals surface area contributed by atoms with Gasteiger partial charge in [-0.15, -0.1) is 0 Å². The predicted molar refractivity (Wildman–Crippen MR) is 126 cm³/mol. The number of fused-ring (bicyclic) bond motifs is 2. The lowest BCUT2D eigenvalue weighted by Gasteiger charge is -2.32. The van der Waals surface area contributed by atoms with Crippen LogP contribution in [-0.4, -0.2) is 21.4 Å². The number of hydrogen-bond acceptors (Lipinski definition) is 3. The van der Waals surface area contributed by atoms with Gasteiger partial charge in [-0.2, -0.15) is 0 Å². The third kappa shape index (κ3) is 3.31. The van der Waals surface area contributed by atoms with Gasteiger partial charge >= 0.3 is 0 Å². The average molecular weight is 445 g/mol. The number of para-hydroxylation sites is 1. The Labute approximate surface area is 188 Å². The molecule has 0 spiro atoms. The van der Waals surface area contributed by atoms with Gasteiger partial charge in [-0.25, -0.2) is 8.42 Å². The third-order valence-electron chi connectivity index (χ3n) is 6.30. The molecule has 3 aromatic carbocycles. The maximum atomic E-state index is 13.7. The van der Waals surface area contributed by atoms with Crippen LogP contribution in [0.1, 0.15) is 41.1 Å². The van der Waals surface area contributed by atoms with E-state index in [4.69, 9.17) is 0 Å². The third-order valence-corrected chi connectivity index (χ3v) is 8.12. The number of carbonyl (C=O) groups is 1. The van der Waals surface area contributed by atoms with Gasteiger partial charge in [0.25, 0.3) is 15.9 Å². The largest absolute Gasteiger partial charge is 0.345 e. The molecule has 1 heterocycles. The minimum Gasteiger partial charge on any atom is -0.345 e. The highest BCUT2D eigenvalue weighted by Crippen LogP contribution is 2.42. The Morgan fingerprint density at radius 2 is 1.62 bits per heavy atom. The standard InChI is InChI=1S/C26H24N2O3S/c1-28-23-17-8-7-15-21(23)24(19-11-3-2-4-12-19)25(32(28,30)31)26(29)27-22-16-9-13-18-10-5-6-14-20(18)22/h2-8,10-12,14-15,17,22H,9,13,16H2,1H3,(H,27,29)/t22-/m0/s1. The van der Waals surface area contributed by atoms with Gasteiger partial charge in [-0.05, 0) is 42.0 Å². The highest BCUT2D eigenvalue weighted by Gasteiger charge is 2.40. The Hall–Kier alpha value is -3.38. The monoisotopic (exact) mass is 444 g/mol. The number of carbonyl (C=O) groups excluding carboxylic acids is 1. The number of nitrogens with one attached hydrogen (secondary N) is 1. The Bertz CT molecular complexity index is 1330. The van der Waals surface area contributed by atoms with Crippen molar-refractivity contribution in [1.29, 1.82) is 0 Å². The number of rotatable bonds is 3. The van der Waals surface area contributed by atoms with Gasteiger partial charge in [0.2, 0.25) is 0 Å². The van der Waals surface area contributed by atoms with Crippen molar-refractivity contribution in [2.75, 3.05) is 11.4 Å². The fourth-order valence-corrected chi connectivity index (χ4v) is 6.20. The number of benzene rings is 3. The molecule has 0 unspecified atom stereocenters. The van der Waals surface area contributed by atoms with E-state index in [0.29, 0.717) is 16.8 Å². The quantitative estimate of drug-likeness (QED) is 0.650. The minimum atomic E-state index is -4.04. The van der Waals surface area contributed by atoms with E-state index in [1.54, 1.807) is 12.1 Å². The molecule has 0 saturated carbocycles. The molecule has 0 saturated heterocycles. The summed E-state index contributed by atoms with van der Waals surface area (Å²) in [5.41, 5.74) is 4.70. The molecule has 1 atom stereocenters. The van der Waals surface area contributed by atoms with Crippen molar-refractivity contribution >= 4 is 27.2 Å². The summed E-state index contributed by atoms with van der Waals surface area (Å²) in [5, 5.41) is 3.05. The molecule has 1 amide bonds. The summed E-state index contributed by atoms with van der Waals surface area (Å²) in [6.45, 7) is 0. The predicted octanol–water partition coefficient (Wildman–Crippen LogP) is 4.42. The van der Waals surface area contributed by atoms with Gasteiger partial charge in [0.05, 0.1) is 11.7 Å². The fourth-order valence-electron chi connectivity index (χ4n) is 4.73. The van der Waals surface area contributed by atoms with Crippen LogP contribution in [-0.2, 0) is 21.2 Å². The summed E-state index contributed by atoms with van der Waals surface area (Å²) in [6, 6.07) is 24.4. The summed E-state index contributed by atoms with van der Waals surface area (Å²) in [7, 11) is -2.54. The summed E-state index contributed by atoms with van der Waals surface area (Å²) in [4.78, 5) is 13.5. The van der Waals surface area contributed by atoms with Crippen LogP contribution in [0.2, 0.25) is 0 Å². The molecule has 0 radical (unpaired) electrons. The second kappa shape index (κ2) is 7.95. The Kier molecular flexibility index (Phi) is 5.10. The van der Waals surface area contributed by atoms with E-state index < -0.39 is 15.9 Å². The van der Waals surface area contributed by atoms with Crippen LogP contribution in [0.5, 0.6) is 0 Å². The fraction of sp³-hybridized carbons (Fsp3) is 0.192. The lowest BCUT2D eigenvalue weighted by atomic mass is 9.87. The van der Waals surface area contributed by atoms with Crippen molar-refractivity contribution in [3.63, 3.8) is 0 Å². The van der Waals surface area contributed by atoms with E-state index >= 15 is 0 Å². The molecule has 5 nitrogen and oxygen atoms in total. The van der Waals surface area contributed by atoms with Crippen molar-refractivity contribution in [3.05, 3.63) is 106 Å².